The highest BCUT2D eigenvalue weighted by Gasteiger charge is 2.42. The highest BCUT2D eigenvalue weighted by Crippen LogP contribution is 2.41. The molecule has 1 aromatic carbocycles. The average molecular weight is 436 g/mol. The number of nitrogens with zero attached hydrogens (tertiary/aromatic N) is 2. The summed E-state index contributed by atoms with van der Waals surface area (Å²) in [6.07, 6.45) is 3.45. The van der Waals surface area contributed by atoms with E-state index >= 15 is 0 Å². The summed E-state index contributed by atoms with van der Waals surface area (Å²) in [6, 6.07) is 20.9. The predicted octanol–water partition coefficient (Wildman–Crippen LogP) is 5.76. The van der Waals surface area contributed by atoms with Crippen LogP contribution in [0.1, 0.15) is 29.3 Å². The second-order valence-corrected chi connectivity index (χ2v) is 7.87. The van der Waals surface area contributed by atoms with E-state index in [4.69, 9.17) is 32.7 Å². The molecule has 0 radical (unpaired) electrons. The number of aromatic nitrogens is 1. The van der Waals surface area contributed by atoms with E-state index in [1.807, 2.05) is 66.7 Å². The topological polar surface area (TPSA) is 54.4 Å². The number of hydrogen-bond donors (Lipinski definition) is 1. The van der Waals surface area contributed by atoms with Crippen molar-refractivity contribution < 1.29 is 8.83 Å². The van der Waals surface area contributed by atoms with E-state index in [0.717, 1.165) is 28.5 Å². The molecule has 1 N–H and O–H groups in total. The van der Waals surface area contributed by atoms with E-state index in [1.54, 1.807) is 12.5 Å². The van der Waals surface area contributed by atoms with Crippen molar-refractivity contribution in [3.8, 4) is 11.3 Å². The number of thiocarbonyl (C=S) groups is 1. The van der Waals surface area contributed by atoms with Gasteiger partial charge in [-0.3, -0.25) is 4.98 Å². The smallest absolute Gasteiger partial charge is 0.170 e. The maximum atomic E-state index is 6.30. The van der Waals surface area contributed by atoms with Crippen LogP contribution in [0.4, 0.5) is 0 Å². The van der Waals surface area contributed by atoms with Crippen molar-refractivity contribution in [3.63, 3.8) is 0 Å². The summed E-state index contributed by atoms with van der Waals surface area (Å²) in [5.41, 5.74) is 1.86. The monoisotopic (exact) mass is 435 g/mol. The fraction of sp³-hybridized carbons (Fsp3) is 0.130. The fourth-order valence-electron chi connectivity index (χ4n) is 3.74. The van der Waals surface area contributed by atoms with Crippen LogP contribution in [0.5, 0.6) is 0 Å². The summed E-state index contributed by atoms with van der Waals surface area (Å²) >= 11 is 11.7. The molecule has 1 saturated heterocycles. The number of furan rings is 2. The van der Waals surface area contributed by atoms with Gasteiger partial charge < -0.3 is 19.1 Å². The van der Waals surface area contributed by atoms with Crippen LogP contribution in [0.25, 0.3) is 11.3 Å². The number of halogens is 1. The molecule has 0 spiro atoms. The molecule has 3 aromatic heterocycles. The van der Waals surface area contributed by atoms with Crippen LogP contribution in [-0.2, 0) is 6.54 Å². The van der Waals surface area contributed by atoms with E-state index in [1.165, 1.54) is 0 Å². The Balaban J connectivity index is 1.53. The van der Waals surface area contributed by atoms with Crippen molar-refractivity contribution in [2.75, 3.05) is 0 Å². The van der Waals surface area contributed by atoms with Crippen LogP contribution in [0.15, 0.2) is 88.0 Å². The van der Waals surface area contributed by atoms with E-state index in [0.29, 0.717) is 16.7 Å². The minimum atomic E-state index is -0.168. The second-order valence-electron chi connectivity index (χ2n) is 7.04. The molecular weight excluding hydrogens is 418 g/mol. The average Bonchev–Trinajstić information content (AvgIpc) is 3.51. The molecule has 1 aliphatic rings. The summed E-state index contributed by atoms with van der Waals surface area (Å²) < 4.78 is 11.9. The molecule has 4 aromatic rings. The summed E-state index contributed by atoms with van der Waals surface area (Å²) in [5.74, 6) is 2.40. The Kier molecular flexibility index (Phi) is 5.02. The Bertz CT molecular complexity index is 1140. The lowest BCUT2D eigenvalue weighted by atomic mass is 10.0. The maximum absolute atomic E-state index is 6.30. The van der Waals surface area contributed by atoms with Gasteiger partial charge in [-0.05, 0) is 72.9 Å². The van der Waals surface area contributed by atoms with Crippen molar-refractivity contribution in [2.24, 2.45) is 0 Å². The molecule has 5 rings (SSSR count). The van der Waals surface area contributed by atoms with E-state index < -0.39 is 0 Å². The van der Waals surface area contributed by atoms with Crippen LogP contribution in [0, 0.1) is 0 Å². The first-order chi connectivity index (χ1) is 14.7. The minimum absolute atomic E-state index is 0.141. The highest BCUT2D eigenvalue weighted by atomic mass is 35.5. The van der Waals surface area contributed by atoms with Crippen molar-refractivity contribution in [3.05, 3.63) is 101 Å². The van der Waals surface area contributed by atoms with Gasteiger partial charge in [0.25, 0.3) is 0 Å². The van der Waals surface area contributed by atoms with Gasteiger partial charge in [-0.15, -0.1) is 0 Å². The molecule has 1 fully saturated rings. The van der Waals surface area contributed by atoms with Crippen molar-refractivity contribution in [1.82, 2.24) is 15.2 Å². The van der Waals surface area contributed by atoms with Crippen LogP contribution in [0.2, 0.25) is 5.02 Å². The molecule has 0 bridgehead atoms. The molecule has 0 unspecified atom stereocenters. The standard InChI is InChI=1S/C23H18ClN3O2S/c24-16-8-6-15(7-9-16)19-10-11-20(29-19)22-21(18-5-1-2-12-25-18)26-23(30)27(22)14-17-4-3-13-28-17/h1-13,21-22H,14H2,(H,26,30)/t21-,22+/m0/s1. The molecular formula is C23H18ClN3O2S. The van der Waals surface area contributed by atoms with Crippen LogP contribution in [-0.4, -0.2) is 15.0 Å². The lowest BCUT2D eigenvalue weighted by molar-refractivity contribution is 0.253. The molecule has 0 amide bonds. The lowest BCUT2D eigenvalue weighted by Crippen LogP contribution is -2.28. The highest BCUT2D eigenvalue weighted by molar-refractivity contribution is 7.80. The zero-order chi connectivity index (χ0) is 20.5. The summed E-state index contributed by atoms with van der Waals surface area (Å²) in [5, 5.41) is 4.74. The number of nitrogens with one attached hydrogen (secondary N) is 1. The Hall–Kier alpha value is -3.09. The number of pyridine rings is 1. The Labute approximate surface area is 184 Å². The SMILES string of the molecule is S=C1N[C@@H](c2ccccn2)[C@@H](c2ccc(-c3ccc(Cl)cc3)o2)N1Cc1ccco1. The molecule has 1 aliphatic heterocycles. The zero-order valence-electron chi connectivity index (χ0n) is 15.9. The van der Waals surface area contributed by atoms with Gasteiger partial charge in [0.1, 0.15) is 23.3 Å². The fourth-order valence-corrected chi connectivity index (χ4v) is 4.17. The van der Waals surface area contributed by atoms with Crippen molar-refractivity contribution >= 4 is 28.9 Å². The third-order valence-corrected chi connectivity index (χ3v) is 5.76. The summed E-state index contributed by atoms with van der Waals surface area (Å²) in [6.45, 7) is 0.532. The molecule has 0 aliphatic carbocycles. The maximum Gasteiger partial charge on any atom is 0.170 e. The zero-order valence-corrected chi connectivity index (χ0v) is 17.4. The van der Waals surface area contributed by atoms with E-state index in [-0.39, 0.29) is 12.1 Å². The van der Waals surface area contributed by atoms with Gasteiger partial charge in [0.15, 0.2) is 5.11 Å². The van der Waals surface area contributed by atoms with Crippen LogP contribution in [0.3, 0.4) is 0 Å². The van der Waals surface area contributed by atoms with Gasteiger partial charge in [-0.25, -0.2) is 0 Å². The Morgan fingerprint density at radius 2 is 1.90 bits per heavy atom. The van der Waals surface area contributed by atoms with Gasteiger partial charge in [0.05, 0.1) is 24.5 Å². The minimum Gasteiger partial charge on any atom is -0.467 e. The van der Waals surface area contributed by atoms with Crippen LogP contribution >= 0.6 is 23.8 Å². The molecule has 2 atom stereocenters. The van der Waals surface area contributed by atoms with Crippen LogP contribution < -0.4 is 5.32 Å². The number of benzene rings is 1. The predicted molar refractivity (Wildman–Crippen MR) is 119 cm³/mol. The molecule has 7 heteroatoms. The Morgan fingerprint density at radius 1 is 1.03 bits per heavy atom. The van der Waals surface area contributed by atoms with E-state index in [2.05, 4.69) is 15.2 Å². The van der Waals surface area contributed by atoms with Crippen molar-refractivity contribution in [2.45, 2.75) is 18.6 Å². The Morgan fingerprint density at radius 3 is 2.63 bits per heavy atom. The van der Waals surface area contributed by atoms with Gasteiger partial charge in [0.2, 0.25) is 0 Å². The third kappa shape index (κ3) is 3.60. The number of hydrogen-bond acceptors (Lipinski definition) is 4. The quantitative estimate of drug-likeness (QED) is 0.402. The lowest BCUT2D eigenvalue weighted by Gasteiger charge is -2.25. The van der Waals surface area contributed by atoms with Gasteiger partial charge >= 0.3 is 0 Å². The second kappa shape index (κ2) is 7.97. The van der Waals surface area contributed by atoms with Gasteiger partial charge in [-0.2, -0.15) is 0 Å². The first-order valence-electron chi connectivity index (χ1n) is 9.55. The molecule has 5 nitrogen and oxygen atoms in total. The first kappa shape index (κ1) is 18.9. The number of rotatable bonds is 5. The third-order valence-electron chi connectivity index (χ3n) is 5.15. The summed E-state index contributed by atoms with van der Waals surface area (Å²) in [4.78, 5) is 6.63. The van der Waals surface area contributed by atoms with Gasteiger partial charge in [-0.1, -0.05) is 17.7 Å². The first-order valence-corrected chi connectivity index (χ1v) is 10.3. The molecule has 0 saturated carbocycles. The molecule has 150 valence electrons. The van der Waals surface area contributed by atoms with E-state index in [9.17, 15) is 0 Å². The largest absolute Gasteiger partial charge is 0.467 e. The molecule has 4 heterocycles. The van der Waals surface area contributed by atoms with Gasteiger partial charge in [0, 0.05) is 16.8 Å². The normalized spacial score (nSPS) is 18.6. The summed E-state index contributed by atoms with van der Waals surface area (Å²) in [7, 11) is 0. The molecule has 30 heavy (non-hydrogen) atoms. The van der Waals surface area contributed by atoms with Crippen molar-refractivity contribution in [1.29, 1.82) is 0 Å².